The van der Waals surface area contributed by atoms with Gasteiger partial charge in [-0.15, -0.1) is 11.8 Å². The molecule has 0 heterocycles. The smallest absolute Gasteiger partial charge is 0.250 e. The van der Waals surface area contributed by atoms with Gasteiger partial charge in [-0.05, 0) is 23.3 Å². The van der Waals surface area contributed by atoms with E-state index in [2.05, 4.69) is 10.5 Å². The van der Waals surface area contributed by atoms with Crippen molar-refractivity contribution in [3.05, 3.63) is 71.3 Å². The van der Waals surface area contributed by atoms with Crippen molar-refractivity contribution in [3.63, 3.8) is 0 Å². The van der Waals surface area contributed by atoms with Crippen LogP contribution in [0.4, 0.5) is 0 Å². The third-order valence-corrected chi connectivity index (χ3v) is 3.79. The molecule has 0 atom stereocenters. The van der Waals surface area contributed by atoms with E-state index in [4.69, 9.17) is 5.26 Å². The van der Waals surface area contributed by atoms with Crippen LogP contribution in [0.2, 0.25) is 0 Å². The summed E-state index contributed by atoms with van der Waals surface area (Å²) in [5.41, 5.74) is 5.11. The number of amides is 1. The van der Waals surface area contributed by atoms with Gasteiger partial charge in [-0.1, -0.05) is 42.5 Å². The number of carbonyl (C=O) groups excluding carboxylic acids is 1. The van der Waals surface area contributed by atoms with Gasteiger partial charge in [0.05, 0.1) is 23.6 Å². The molecule has 110 valence electrons. The largest absolute Gasteiger partial charge is 0.272 e. The topological polar surface area (TPSA) is 65.2 Å². The summed E-state index contributed by atoms with van der Waals surface area (Å²) >= 11 is 1.54. The van der Waals surface area contributed by atoms with Crippen LogP contribution < -0.4 is 5.43 Å². The zero-order valence-corrected chi connectivity index (χ0v) is 12.7. The first-order valence-electron chi connectivity index (χ1n) is 6.71. The van der Waals surface area contributed by atoms with E-state index >= 15 is 0 Å². The number of nitriles is 1. The molecule has 2 aromatic carbocycles. The highest BCUT2D eigenvalue weighted by atomic mass is 32.2. The molecule has 1 N–H and O–H groups in total. The van der Waals surface area contributed by atoms with Crippen LogP contribution in [0.5, 0.6) is 0 Å². The lowest BCUT2D eigenvalue weighted by Crippen LogP contribution is -2.19. The Morgan fingerprint density at radius 1 is 1.18 bits per heavy atom. The molecule has 0 saturated carbocycles. The fraction of sp³-hybridized carbons (Fsp3) is 0.118. The van der Waals surface area contributed by atoms with Crippen LogP contribution in [0.1, 0.15) is 16.7 Å². The fourth-order valence-electron chi connectivity index (χ4n) is 1.69. The zero-order chi connectivity index (χ0) is 15.6. The van der Waals surface area contributed by atoms with Gasteiger partial charge in [-0.25, -0.2) is 5.43 Å². The Kier molecular flexibility index (Phi) is 6.21. The maximum absolute atomic E-state index is 11.6. The molecule has 2 aromatic rings. The molecule has 0 unspecified atom stereocenters. The van der Waals surface area contributed by atoms with Crippen LogP contribution in [0.3, 0.4) is 0 Å². The Hall–Kier alpha value is -2.58. The van der Waals surface area contributed by atoms with Gasteiger partial charge < -0.3 is 0 Å². The van der Waals surface area contributed by atoms with Crippen LogP contribution >= 0.6 is 11.8 Å². The van der Waals surface area contributed by atoms with Crippen LogP contribution in [0.15, 0.2) is 59.7 Å². The molecule has 0 bridgehead atoms. The van der Waals surface area contributed by atoms with Crippen molar-refractivity contribution >= 4 is 23.9 Å². The number of nitrogens with zero attached hydrogens (tertiary/aromatic N) is 2. The molecule has 0 aliphatic heterocycles. The molecule has 2 rings (SSSR count). The highest BCUT2D eigenvalue weighted by molar-refractivity contribution is 7.99. The maximum Gasteiger partial charge on any atom is 0.250 e. The van der Waals surface area contributed by atoms with E-state index in [-0.39, 0.29) is 5.91 Å². The van der Waals surface area contributed by atoms with Crippen LogP contribution in [-0.4, -0.2) is 17.9 Å². The minimum atomic E-state index is -0.133. The van der Waals surface area contributed by atoms with Gasteiger partial charge in [-0.2, -0.15) is 10.4 Å². The molecular formula is C17H15N3OS. The molecule has 0 saturated heterocycles. The lowest BCUT2D eigenvalue weighted by Gasteiger charge is -2.01. The fourth-order valence-corrected chi connectivity index (χ4v) is 2.47. The summed E-state index contributed by atoms with van der Waals surface area (Å²) in [5, 5.41) is 12.6. The Labute approximate surface area is 133 Å². The number of hydrazone groups is 1. The van der Waals surface area contributed by atoms with Crippen molar-refractivity contribution in [2.75, 3.05) is 5.75 Å². The second kappa shape index (κ2) is 8.65. The minimum absolute atomic E-state index is 0.133. The summed E-state index contributed by atoms with van der Waals surface area (Å²) in [5.74, 6) is 1.03. The zero-order valence-electron chi connectivity index (χ0n) is 11.9. The number of hydrogen-bond acceptors (Lipinski definition) is 4. The average molecular weight is 309 g/mol. The first kappa shape index (κ1) is 15.8. The maximum atomic E-state index is 11.6. The predicted octanol–water partition coefficient (Wildman–Crippen LogP) is 2.94. The lowest BCUT2D eigenvalue weighted by molar-refractivity contribution is -0.118. The van der Waals surface area contributed by atoms with Gasteiger partial charge >= 0.3 is 0 Å². The Balaban J connectivity index is 1.70. The Morgan fingerprint density at radius 3 is 2.59 bits per heavy atom. The third-order valence-electron chi connectivity index (χ3n) is 2.79. The first-order chi connectivity index (χ1) is 10.8. The van der Waals surface area contributed by atoms with Gasteiger partial charge in [0.2, 0.25) is 5.91 Å². The predicted molar refractivity (Wildman–Crippen MR) is 89.5 cm³/mol. The van der Waals surface area contributed by atoms with Crippen LogP contribution in [0.25, 0.3) is 0 Å². The monoisotopic (exact) mass is 309 g/mol. The van der Waals surface area contributed by atoms with Crippen molar-refractivity contribution in [1.29, 1.82) is 5.26 Å². The molecule has 22 heavy (non-hydrogen) atoms. The minimum Gasteiger partial charge on any atom is -0.272 e. The van der Waals surface area contributed by atoms with E-state index in [0.29, 0.717) is 11.3 Å². The molecule has 0 aliphatic carbocycles. The lowest BCUT2D eigenvalue weighted by atomic mass is 10.2. The summed E-state index contributed by atoms with van der Waals surface area (Å²) in [6.45, 7) is 0. The van der Waals surface area contributed by atoms with Gasteiger partial charge in [-0.3, -0.25) is 4.79 Å². The Bertz CT molecular complexity index is 675. The van der Waals surface area contributed by atoms with Crippen LogP contribution in [0, 0.1) is 11.3 Å². The first-order valence-corrected chi connectivity index (χ1v) is 7.87. The molecule has 0 aromatic heterocycles. The SMILES string of the molecule is N#Cc1ccc(/C=N\NC(=O)CSCc2ccccc2)cc1. The van der Waals surface area contributed by atoms with Gasteiger partial charge in [0.25, 0.3) is 0 Å². The molecule has 0 spiro atoms. The van der Waals surface area contributed by atoms with E-state index in [1.165, 1.54) is 5.56 Å². The normalized spacial score (nSPS) is 10.3. The van der Waals surface area contributed by atoms with E-state index in [1.807, 2.05) is 36.4 Å². The number of rotatable bonds is 6. The van der Waals surface area contributed by atoms with E-state index in [1.54, 1.807) is 42.2 Å². The summed E-state index contributed by atoms with van der Waals surface area (Å²) in [4.78, 5) is 11.6. The van der Waals surface area contributed by atoms with E-state index in [9.17, 15) is 4.79 Å². The summed E-state index contributed by atoms with van der Waals surface area (Å²) in [7, 11) is 0. The van der Waals surface area contributed by atoms with Crippen molar-refractivity contribution in [2.45, 2.75) is 5.75 Å². The van der Waals surface area contributed by atoms with E-state index in [0.717, 1.165) is 11.3 Å². The average Bonchev–Trinajstić information content (AvgIpc) is 2.56. The highest BCUT2D eigenvalue weighted by Gasteiger charge is 2.00. The standard InChI is InChI=1S/C17H15N3OS/c18-10-14-6-8-15(9-7-14)11-19-20-17(21)13-22-12-16-4-2-1-3-5-16/h1-9,11H,12-13H2,(H,20,21)/b19-11-. The molecule has 5 heteroatoms. The number of thioether (sulfide) groups is 1. The van der Waals surface area contributed by atoms with Gasteiger partial charge in [0.1, 0.15) is 0 Å². The number of carbonyl (C=O) groups is 1. The molecular weight excluding hydrogens is 294 g/mol. The summed E-state index contributed by atoms with van der Waals surface area (Å²) in [6, 6.07) is 19.0. The molecule has 1 amide bonds. The second-order valence-electron chi connectivity index (χ2n) is 4.51. The van der Waals surface area contributed by atoms with Crippen molar-refractivity contribution in [2.24, 2.45) is 5.10 Å². The molecule has 0 fully saturated rings. The molecule has 4 nitrogen and oxygen atoms in total. The quantitative estimate of drug-likeness (QED) is 0.659. The highest BCUT2D eigenvalue weighted by Crippen LogP contribution is 2.10. The van der Waals surface area contributed by atoms with E-state index < -0.39 is 0 Å². The van der Waals surface area contributed by atoms with Crippen molar-refractivity contribution in [3.8, 4) is 6.07 Å². The number of hydrogen-bond donors (Lipinski definition) is 1. The van der Waals surface area contributed by atoms with Crippen molar-refractivity contribution < 1.29 is 4.79 Å². The molecule has 0 radical (unpaired) electrons. The van der Waals surface area contributed by atoms with Crippen molar-refractivity contribution in [1.82, 2.24) is 5.43 Å². The van der Waals surface area contributed by atoms with Crippen LogP contribution in [-0.2, 0) is 10.5 Å². The Morgan fingerprint density at radius 2 is 1.91 bits per heavy atom. The molecule has 0 aliphatic rings. The van der Waals surface area contributed by atoms with Gasteiger partial charge in [0, 0.05) is 5.75 Å². The number of nitrogens with one attached hydrogen (secondary N) is 1. The second-order valence-corrected chi connectivity index (χ2v) is 5.49. The summed E-state index contributed by atoms with van der Waals surface area (Å²) < 4.78 is 0. The summed E-state index contributed by atoms with van der Waals surface area (Å²) in [6.07, 6.45) is 1.56. The number of benzene rings is 2. The van der Waals surface area contributed by atoms with Gasteiger partial charge in [0.15, 0.2) is 0 Å². The third kappa shape index (κ3) is 5.43.